The fraction of sp³-hybridized carbons (Fsp3) is 0.594. The zero-order valence-corrected chi connectivity index (χ0v) is 28.5. The lowest BCUT2D eigenvalue weighted by Crippen LogP contribution is -2.50. The normalized spacial score (nSPS) is 23.2. The molecule has 44 heavy (non-hydrogen) atoms. The standard InChI is InChI=1S/C32H46N4O7Si/c1-30(2,3)43-29(38)36-23(19-40-44(9,10)31(4,5)6)26-27(42-32(7,8)41-26)25(36)21-17-35(22(16-33)24(21)34)28(37)39-18-20-14-12-11-13-15-20/h11-15,17,23,25-27H,18-19,34H2,1-10H3/t23-,25+,26-,27+/m1/s1. The van der Waals surface area contributed by atoms with E-state index in [1.807, 2.05) is 50.2 Å². The van der Waals surface area contributed by atoms with Gasteiger partial charge in [-0.05, 0) is 58.3 Å². The van der Waals surface area contributed by atoms with E-state index in [0.717, 1.165) is 10.1 Å². The van der Waals surface area contributed by atoms with E-state index < -0.39 is 56.2 Å². The third kappa shape index (κ3) is 6.81. The highest BCUT2D eigenvalue weighted by Crippen LogP contribution is 2.50. The lowest BCUT2D eigenvalue weighted by atomic mass is 10.0. The number of likely N-dealkylation sites (tertiary alicyclic amines) is 1. The van der Waals surface area contributed by atoms with Gasteiger partial charge in [0.2, 0.25) is 0 Å². The number of carbonyl (C=O) groups is 2. The number of anilines is 1. The first-order valence-corrected chi connectivity index (χ1v) is 17.8. The monoisotopic (exact) mass is 626 g/mol. The van der Waals surface area contributed by atoms with Crippen molar-refractivity contribution in [2.24, 2.45) is 0 Å². The van der Waals surface area contributed by atoms with Gasteiger partial charge in [-0.25, -0.2) is 14.2 Å². The van der Waals surface area contributed by atoms with Gasteiger partial charge in [0, 0.05) is 11.8 Å². The van der Waals surface area contributed by atoms with Gasteiger partial charge >= 0.3 is 12.2 Å². The molecule has 0 radical (unpaired) electrons. The molecule has 0 aliphatic carbocycles. The third-order valence-corrected chi connectivity index (χ3v) is 12.9. The maximum Gasteiger partial charge on any atom is 0.419 e. The Kier molecular flexibility index (Phi) is 9.03. The molecule has 2 N–H and O–H groups in total. The summed E-state index contributed by atoms with van der Waals surface area (Å²) in [6, 6.07) is 9.79. The molecule has 3 heterocycles. The Hall–Kier alpha value is -3.37. The van der Waals surface area contributed by atoms with Crippen molar-refractivity contribution in [3.05, 3.63) is 53.3 Å². The average molecular weight is 627 g/mol. The number of hydrogen-bond donors (Lipinski definition) is 1. The fourth-order valence-electron chi connectivity index (χ4n) is 5.28. The van der Waals surface area contributed by atoms with E-state index in [0.29, 0.717) is 5.56 Å². The van der Waals surface area contributed by atoms with Crippen LogP contribution in [-0.2, 0) is 30.0 Å². The summed E-state index contributed by atoms with van der Waals surface area (Å²) in [6.07, 6.45) is -1.21. The van der Waals surface area contributed by atoms with Crippen molar-refractivity contribution in [3.63, 3.8) is 0 Å². The van der Waals surface area contributed by atoms with Crippen molar-refractivity contribution in [1.82, 2.24) is 9.47 Å². The van der Waals surface area contributed by atoms with Crippen molar-refractivity contribution in [2.45, 2.75) is 116 Å². The molecule has 0 saturated carbocycles. The highest BCUT2D eigenvalue weighted by atomic mass is 28.4. The predicted molar refractivity (Wildman–Crippen MR) is 167 cm³/mol. The zero-order chi connectivity index (χ0) is 32.8. The number of nitrogens with two attached hydrogens (primary N) is 1. The van der Waals surface area contributed by atoms with Crippen molar-refractivity contribution < 1.29 is 33.0 Å². The van der Waals surface area contributed by atoms with Gasteiger partial charge in [-0.15, -0.1) is 0 Å². The topological polar surface area (TPSA) is 138 Å². The summed E-state index contributed by atoms with van der Waals surface area (Å²) < 4.78 is 31.9. The van der Waals surface area contributed by atoms with Crippen LogP contribution in [0.3, 0.4) is 0 Å². The average Bonchev–Trinajstić information content (AvgIpc) is 3.50. The number of rotatable bonds is 6. The molecule has 4 atom stereocenters. The van der Waals surface area contributed by atoms with E-state index in [1.54, 1.807) is 25.7 Å². The molecule has 2 aromatic rings. The molecule has 2 aliphatic heterocycles. The summed E-state index contributed by atoms with van der Waals surface area (Å²) in [6.45, 7) is 19.9. The first-order valence-electron chi connectivity index (χ1n) is 14.9. The summed E-state index contributed by atoms with van der Waals surface area (Å²) in [4.78, 5) is 28.8. The smallest absolute Gasteiger partial charge is 0.419 e. The van der Waals surface area contributed by atoms with Crippen LogP contribution in [-0.4, -0.2) is 66.2 Å². The number of nitrogen functional groups attached to an aromatic ring is 1. The summed E-state index contributed by atoms with van der Waals surface area (Å²) in [5, 5.41) is 9.98. The van der Waals surface area contributed by atoms with E-state index in [9.17, 15) is 14.9 Å². The molecule has 1 aromatic carbocycles. The number of carbonyl (C=O) groups excluding carboxylic acids is 2. The zero-order valence-electron chi connectivity index (χ0n) is 27.5. The Bertz CT molecular complexity index is 1420. The lowest BCUT2D eigenvalue weighted by Gasteiger charge is -2.40. The molecule has 11 nitrogen and oxygen atoms in total. The maximum absolute atomic E-state index is 14.0. The minimum atomic E-state index is -2.25. The number of aromatic nitrogens is 1. The quantitative estimate of drug-likeness (QED) is 0.365. The van der Waals surface area contributed by atoms with E-state index in [1.165, 1.54) is 6.20 Å². The molecule has 2 saturated heterocycles. The molecule has 4 rings (SSSR count). The van der Waals surface area contributed by atoms with E-state index in [2.05, 4.69) is 33.9 Å². The first-order chi connectivity index (χ1) is 20.3. The number of amides is 1. The highest BCUT2D eigenvalue weighted by molar-refractivity contribution is 6.74. The molecular formula is C32H46N4O7Si. The van der Waals surface area contributed by atoms with Crippen molar-refractivity contribution in [1.29, 1.82) is 5.26 Å². The lowest BCUT2D eigenvalue weighted by molar-refractivity contribution is -0.168. The Labute approximate surface area is 261 Å². The van der Waals surface area contributed by atoms with Crippen LogP contribution in [0.4, 0.5) is 15.3 Å². The molecule has 2 aliphatic rings. The van der Waals surface area contributed by atoms with E-state index in [-0.39, 0.29) is 29.6 Å². The van der Waals surface area contributed by atoms with Crippen LogP contribution in [0.25, 0.3) is 0 Å². The van der Waals surface area contributed by atoms with Gasteiger partial charge in [0.1, 0.15) is 30.5 Å². The van der Waals surface area contributed by atoms with Crippen molar-refractivity contribution in [2.75, 3.05) is 12.3 Å². The molecule has 0 bridgehead atoms. The molecule has 0 unspecified atom stereocenters. The minimum Gasteiger partial charge on any atom is -0.444 e. The largest absolute Gasteiger partial charge is 0.444 e. The van der Waals surface area contributed by atoms with E-state index in [4.69, 9.17) is 29.1 Å². The summed E-state index contributed by atoms with van der Waals surface area (Å²) in [5.74, 6) is -0.965. The summed E-state index contributed by atoms with van der Waals surface area (Å²) in [5.41, 5.74) is 6.86. The van der Waals surface area contributed by atoms with Gasteiger partial charge in [0.25, 0.3) is 0 Å². The summed E-state index contributed by atoms with van der Waals surface area (Å²) >= 11 is 0. The van der Waals surface area contributed by atoms with Crippen molar-refractivity contribution in [3.8, 4) is 6.07 Å². The van der Waals surface area contributed by atoms with Gasteiger partial charge in [-0.2, -0.15) is 5.26 Å². The number of benzene rings is 1. The molecule has 12 heteroatoms. The molecule has 240 valence electrons. The number of fused-ring (bicyclic) bond motifs is 1. The van der Waals surface area contributed by atoms with Crippen LogP contribution in [0.2, 0.25) is 18.1 Å². The molecule has 0 spiro atoms. The summed E-state index contributed by atoms with van der Waals surface area (Å²) in [7, 11) is -2.25. The predicted octanol–water partition coefficient (Wildman–Crippen LogP) is 6.33. The Balaban J connectivity index is 1.77. The Morgan fingerprint density at radius 2 is 1.66 bits per heavy atom. The van der Waals surface area contributed by atoms with Gasteiger partial charge in [0.05, 0.1) is 24.4 Å². The van der Waals surface area contributed by atoms with Crippen LogP contribution in [0.1, 0.15) is 78.3 Å². The Morgan fingerprint density at radius 1 is 1.05 bits per heavy atom. The molecule has 2 fully saturated rings. The minimum absolute atomic E-state index is 0.00806. The number of nitriles is 1. The fourth-order valence-corrected chi connectivity index (χ4v) is 6.30. The van der Waals surface area contributed by atoms with Gasteiger partial charge in [0.15, 0.2) is 19.8 Å². The van der Waals surface area contributed by atoms with Crippen LogP contribution in [0.15, 0.2) is 36.5 Å². The molecule has 1 amide bonds. The third-order valence-electron chi connectivity index (χ3n) is 8.44. The number of nitrogens with zero attached hydrogens (tertiary/aromatic N) is 3. The molecule has 1 aromatic heterocycles. The second-order valence-electron chi connectivity index (χ2n) is 14.4. The van der Waals surface area contributed by atoms with Gasteiger partial charge in [-0.3, -0.25) is 4.90 Å². The maximum atomic E-state index is 14.0. The SMILES string of the molecule is CC(C)(C)OC(=O)N1[C@H](CO[Si](C)(C)C(C)(C)C)[C@H]2OC(C)(C)O[C@H]2[C@@H]1c1cn(C(=O)OCc2ccccc2)c(C#N)c1N. The van der Waals surface area contributed by atoms with Gasteiger partial charge < -0.3 is 29.1 Å². The second kappa shape index (κ2) is 11.9. The highest BCUT2D eigenvalue weighted by Gasteiger charge is 2.61. The van der Waals surface area contributed by atoms with E-state index >= 15 is 0 Å². The van der Waals surface area contributed by atoms with Gasteiger partial charge in [-0.1, -0.05) is 51.1 Å². The van der Waals surface area contributed by atoms with Crippen LogP contribution in [0.5, 0.6) is 0 Å². The molecular weight excluding hydrogens is 580 g/mol. The van der Waals surface area contributed by atoms with Crippen LogP contribution < -0.4 is 5.73 Å². The van der Waals surface area contributed by atoms with Crippen LogP contribution in [0, 0.1) is 11.3 Å². The Morgan fingerprint density at radius 3 is 2.23 bits per heavy atom. The number of ether oxygens (including phenoxy) is 4. The second-order valence-corrected chi connectivity index (χ2v) is 19.2. The number of hydrogen-bond acceptors (Lipinski definition) is 9. The van der Waals surface area contributed by atoms with Crippen LogP contribution >= 0.6 is 0 Å². The van der Waals surface area contributed by atoms with Crippen molar-refractivity contribution >= 4 is 26.2 Å². The first kappa shape index (κ1) is 33.5.